The number of aryl methyl sites for hydroxylation is 2. The van der Waals surface area contributed by atoms with Crippen molar-refractivity contribution in [3.63, 3.8) is 0 Å². The highest BCUT2D eigenvalue weighted by Gasteiger charge is 2.17. The SMILES string of the molecule is CSc1nc2nc(C)c(CC(=O)Nc3nc4cc(F)c(F)cc4s3)c(C)n2n1. The zero-order chi connectivity index (χ0) is 20.0. The fourth-order valence-electron chi connectivity index (χ4n) is 2.83. The minimum Gasteiger partial charge on any atom is -0.302 e. The molecule has 3 heterocycles. The van der Waals surface area contributed by atoms with Gasteiger partial charge in [0.15, 0.2) is 16.8 Å². The van der Waals surface area contributed by atoms with E-state index in [0.29, 0.717) is 26.8 Å². The van der Waals surface area contributed by atoms with Crippen molar-refractivity contribution in [3.8, 4) is 0 Å². The van der Waals surface area contributed by atoms with E-state index in [4.69, 9.17) is 0 Å². The molecule has 1 aromatic carbocycles. The predicted octanol–water partition coefficient (Wildman–Crippen LogP) is 3.53. The first-order valence-corrected chi connectivity index (χ1v) is 10.2. The summed E-state index contributed by atoms with van der Waals surface area (Å²) in [5, 5.41) is 7.93. The number of amides is 1. The van der Waals surface area contributed by atoms with Crippen molar-refractivity contribution in [2.24, 2.45) is 0 Å². The molecule has 0 saturated carbocycles. The summed E-state index contributed by atoms with van der Waals surface area (Å²) < 4.78 is 28.8. The van der Waals surface area contributed by atoms with Gasteiger partial charge in [0.05, 0.1) is 16.6 Å². The van der Waals surface area contributed by atoms with Crippen LogP contribution in [0.4, 0.5) is 13.9 Å². The van der Waals surface area contributed by atoms with Crippen molar-refractivity contribution >= 4 is 50.1 Å². The molecule has 0 saturated heterocycles. The molecule has 0 unspecified atom stereocenters. The molecular formula is C17H14F2N6OS2. The molecular weight excluding hydrogens is 406 g/mol. The highest BCUT2D eigenvalue weighted by molar-refractivity contribution is 7.98. The zero-order valence-electron chi connectivity index (χ0n) is 15.1. The summed E-state index contributed by atoms with van der Waals surface area (Å²) in [5.74, 6) is -1.74. The maximum atomic E-state index is 13.3. The van der Waals surface area contributed by atoms with Crippen LogP contribution in [0, 0.1) is 25.5 Å². The number of hydrogen-bond acceptors (Lipinski definition) is 7. The maximum Gasteiger partial charge on any atom is 0.253 e. The first-order valence-electron chi connectivity index (χ1n) is 8.18. The smallest absolute Gasteiger partial charge is 0.253 e. The van der Waals surface area contributed by atoms with Crippen molar-refractivity contribution in [1.82, 2.24) is 24.6 Å². The second-order valence-electron chi connectivity index (χ2n) is 6.05. The topological polar surface area (TPSA) is 85.1 Å². The van der Waals surface area contributed by atoms with Crippen LogP contribution >= 0.6 is 23.1 Å². The molecule has 0 fully saturated rings. The minimum absolute atomic E-state index is 0.0632. The molecule has 0 aliphatic carbocycles. The van der Waals surface area contributed by atoms with Gasteiger partial charge in [-0.2, -0.15) is 4.98 Å². The Balaban J connectivity index is 1.60. The number of hydrogen-bond donors (Lipinski definition) is 1. The Morgan fingerprint density at radius 3 is 2.71 bits per heavy atom. The van der Waals surface area contributed by atoms with Crippen LogP contribution in [0.25, 0.3) is 16.0 Å². The number of thioether (sulfide) groups is 1. The van der Waals surface area contributed by atoms with E-state index in [0.717, 1.165) is 34.7 Å². The van der Waals surface area contributed by atoms with E-state index in [2.05, 4.69) is 25.4 Å². The van der Waals surface area contributed by atoms with Crippen LogP contribution < -0.4 is 5.32 Å². The Kier molecular flexibility index (Phi) is 4.71. The van der Waals surface area contributed by atoms with Crippen molar-refractivity contribution < 1.29 is 13.6 Å². The lowest BCUT2D eigenvalue weighted by Crippen LogP contribution is -2.17. The zero-order valence-corrected chi connectivity index (χ0v) is 16.7. The number of rotatable bonds is 4. The summed E-state index contributed by atoms with van der Waals surface area (Å²) >= 11 is 2.49. The molecule has 0 atom stereocenters. The van der Waals surface area contributed by atoms with Crippen molar-refractivity contribution in [2.75, 3.05) is 11.6 Å². The van der Waals surface area contributed by atoms with Gasteiger partial charge in [-0.15, -0.1) is 5.10 Å². The Hall–Kier alpha value is -2.66. The third-order valence-electron chi connectivity index (χ3n) is 4.23. The van der Waals surface area contributed by atoms with Gasteiger partial charge in [-0.3, -0.25) is 4.79 Å². The Bertz CT molecular complexity index is 1200. The van der Waals surface area contributed by atoms with Crippen LogP contribution in [0.3, 0.4) is 0 Å². The number of aromatic nitrogens is 5. The summed E-state index contributed by atoms with van der Waals surface area (Å²) in [6, 6.07) is 2.08. The number of halogens is 2. The summed E-state index contributed by atoms with van der Waals surface area (Å²) in [6.45, 7) is 3.67. The van der Waals surface area contributed by atoms with Gasteiger partial charge in [-0.05, 0) is 26.2 Å². The fourth-order valence-corrected chi connectivity index (χ4v) is 4.06. The van der Waals surface area contributed by atoms with E-state index >= 15 is 0 Å². The van der Waals surface area contributed by atoms with Crippen LogP contribution in [0.15, 0.2) is 17.3 Å². The van der Waals surface area contributed by atoms with E-state index in [1.165, 1.54) is 11.8 Å². The average molecular weight is 420 g/mol. The highest BCUT2D eigenvalue weighted by atomic mass is 32.2. The molecule has 0 spiro atoms. The van der Waals surface area contributed by atoms with E-state index in [1.54, 1.807) is 4.52 Å². The lowest BCUT2D eigenvalue weighted by molar-refractivity contribution is -0.115. The van der Waals surface area contributed by atoms with Gasteiger partial charge < -0.3 is 5.32 Å². The van der Waals surface area contributed by atoms with E-state index in [9.17, 15) is 13.6 Å². The van der Waals surface area contributed by atoms with Crippen LogP contribution in [0.5, 0.6) is 0 Å². The number of anilines is 1. The quantitative estimate of drug-likeness (QED) is 0.509. The molecule has 7 nitrogen and oxygen atoms in total. The van der Waals surface area contributed by atoms with Crippen LogP contribution in [-0.4, -0.2) is 36.7 Å². The molecule has 0 aliphatic heterocycles. The van der Waals surface area contributed by atoms with Crippen LogP contribution in [-0.2, 0) is 11.2 Å². The number of benzene rings is 1. The summed E-state index contributed by atoms with van der Waals surface area (Å²) in [7, 11) is 0. The molecule has 4 aromatic rings. The molecule has 4 rings (SSSR count). The number of fused-ring (bicyclic) bond motifs is 2. The fraction of sp³-hybridized carbons (Fsp3) is 0.235. The largest absolute Gasteiger partial charge is 0.302 e. The molecule has 1 N–H and O–H groups in total. The maximum absolute atomic E-state index is 13.3. The van der Waals surface area contributed by atoms with Gasteiger partial charge in [-0.25, -0.2) is 23.3 Å². The van der Waals surface area contributed by atoms with Crippen molar-refractivity contribution in [1.29, 1.82) is 0 Å². The predicted molar refractivity (Wildman–Crippen MR) is 104 cm³/mol. The molecule has 11 heteroatoms. The van der Waals surface area contributed by atoms with Crippen LogP contribution in [0.1, 0.15) is 17.0 Å². The second kappa shape index (κ2) is 7.06. The normalized spacial score (nSPS) is 11.5. The van der Waals surface area contributed by atoms with Gasteiger partial charge in [0, 0.05) is 23.0 Å². The number of nitrogens with zero attached hydrogens (tertiary/aromatic N) is 5. The van der Waals surface area contributed by atoms with Gasteiger partial charge in [0.1, 0.15) is 0 Å². The number of thiazole rings is 1. The van der Waals surface area contributed by atoms with Gasteiger partial charge >= 0.3 is 0 Å². The molecule has 0 bridgehead atoms. The second-order valence-corrected chi connectivity index (χ2v) is 7.85. The number of carbonyl (C=O) groups is 1. The van der Waals surface area contributed by atoms with E-state index < -0.39 is 11.6 Å². The molecule has 28 heavy (non-hydrogen) atoms. The van der Waals surface area contributed by atoms with E-state index in [1.807, 2.05) is 20.1 Å². The lowest BCUT2D eigenvalue weighted by Gasteiger charge is -2.09. The van der Waals surface area contributed by atoms with Gasteiger partial charge in [-0.1, -0.05) is 23.1 Å². The summed E-state index contributed by atoms with van der Waals surface area (Å²) in [6.07, 6.45) is 1.94. The van der Waals surface area contributed by atoms with Crippen molar-refractivity contribution in [3.05, 3.63) is 40.7 Å². The first-order chi connectivity index (χ1) is 13.4. The lowest BCUT2D eigenvalue weighted by atomic mass is 10.1. The molecule has 0 aliphatic rings. The molecule has 0 radical (unpaired) electrons. The summed E-state index contributed by atoms with van der Waals surface area (Å²) in [5.41, 5.74) is 2.50. The first kappa shape index (κ1) is 18.7. The van der Waals surface area contributed by atoms with Gasteiger partial charge in [0.25, 0.3) is 5.78 Å². The van der Waals surface area contributed by atoms with Crippen molar-refractivity contribution in [2.45, 2.75) is 25.4 Å². The number of carbonyl (C=O) groups excluding carboxylic acids is 1. The van der Waals surface area contributed by atoms with E-state index in [-0.39, 0.29) is 17.5 Å². The van der Waals surface area contributed by atoms with Crippen LogP contribution in [0.2, 0.25) is 0 Å². The Morgan fingerprint density at radius 1 is 1.21 bits per heavy atom. The third-order valence-corrected chi connectivity index (χ3v) is 5.70. The minimum atomic E-state index is -0.973. The molecule has 144 valence electrons. The Morgan fingerprint density at radius 2 is 1.96 bits per heavy atom. The molecule has 3 aromatic heterocycles. The summed E-state index contributed by atoms with van der Waals surface area (Å²) in [4.78, 5) is 25.4. The van der Waals surface area contributed by atoms with Gasteiger partial charge in [0.2, 0.25) is 11.1 Å². The monoisotopic (exact) mass is 420 g/mol. The molecule has 1 amide bonds. The third kappa shape index (κ3) is 3.31. The Labute approximate surface area is 166 Å². The average Bonchev–Trinajstić information content (AvgIpc) is 3.22. The standard InChI is InChI=1S/C17H14F2N6OS2/c1-7-9(8(2)25-15(20-7)23-17(24-25)27-3)4-14(26)22-16-21-12-5-10(18)11(19)6-13(12)28-16/h5-6H,4H2,1-3H3,(H,21,22,26). The highest BCUT2D eigenvalue weighted by Crippen LogP contribution is 2.28. The number of nitrogens with one attached hydrogen (secondary N) is 1.